The molecule has 88 valence electrons. The van der Waals surface area contributed by atoms with E-state index in [1.54, 1.807) is 7.05 Å². The van der Waals surface area contributed by atoms with Crippen molar-refractivity contribution in [1.82, 2.24) is 14.5 Å². The highest BCUT2D eigenvalue weighted by Gasteiger charge is 2.08. The second kappa shape index (κ2) is 4.50. The van der Waals surface area contributed by atoms with Crippen LogP contribution in [0.4, 0.5) is 10.3 Å². The van der Waals surface area contributed by atoms with Gasteiger partial charge in [0, 0.05) is 12.1 Å². The van der Waals surface area contributed by atoms with Gasteiger partial charge in [-0.1, -0.05) is 11.6 Å². The van der Waals surface area contributed by atoms with Gasteiger partial charge in [-0.15, -0.1) is 0 Å². The Kier molecular flexibility index (Phi) is 3.06. The highest BCUT2D eigenvalue weighted by atomic mass is 35.5. The Balaban J connectivity index is 2.61. The number of nitrogens with one attached hydrogen (secondary N) is 1. The molecule has 0 spiro atoms. The minimum absolute atomic E-state index is 0.0187. The Labute approximate surface area is 101 Å². The van der Waals surface area contributed by atoms with Gasteiger partial charge >= 0.3 is 5.69 Å². The number of nitrogens with zero attached hydrogens (tertiary/aromatic N) is 3. The molecule has 0 unspecified atom stereocenters. The number of rotatable bonds is 2. The first kappa shape index (κ1) is 11.5. The summed E-state index contributed by atoms with van der Waals surface area (Å²) in [6.07, 6.45) is 1.19. The second-order valence-corrected chi connectivity index (χ2v) is 3.61. The topological polar surface area (TPSA) is 59.8 Å². The fraction of sp³-hybridized carbons (Fsp3) is 0.100. The van der Waals surface area contributed by atoms with E-state index in [1.165, 1.54) is 24.5 Å². The standard InChI is InChI=1S/C10H8ClFN4O/c1-13-9-14-5-16(10(17)15-9)8-4-6(11)2-3-7(8)12/h2-5H,1H3,(H,13,15,17). The molecule has 0 saturated heterocycles. The van der Waals surface area contributed by atoms with Crippen molar-refractivity contribution in [2.24, 2.45) is 0 Å². The van der Waals surface area contributed by atoms with Crippen LogP contribution in [0.5, 0.6) is 0 Å². The third kappa shape index (κ3) is 2.26. The molecule has 1 aromatic carbocycles. The minimum Gasteiger partial charge on any atom is -0.357 e. The average Bonchev–Trinajstić information content (AvgIpc) is 2.32. The zero-order valence-corrected chi connectivity index (χ0v) is 9.57. The van der Waals surface area contributed by atoms with Crippen LogP contribution in [-0.4, -0.2) is 21.6 Å². The SMILES string of the molecule is CNc1ncn(-c2cc(Cl)ccc2F)c(=O)n1. The summed E-state index contributed by atoms with van der Waals surface area (Å²) in [5.74, 6) is -0.397. The molecule has 0 atom stereocenters. The highest BCUT2D eigenvalue weighted by molar-refractivity contribution is 6.30. The number of halogens is 2. The summed E-state index contributed by atoms with van der Waals surface area (Å²) in [4.78, 5) is 19.1. The third-order valence-electron chi connectivity index (χ3n) is 2.09. The first-order chi connectivity index (χ1) is 8.11. The second-order valence-electron chi connectivity index (χ2n) is 3.18. The lowest BCUT2D eigenvalue weighted by molar-refractivity contribution is 0.613. The van der Waals surface area contributed by atoms with E-state index in [2.05, 4.69) is 15.3 Å². The molecule has 2 rings (SSSR count). The molecule has 2 aromatic rings. The molecule has 1 N–H and O–H groups in total. The van der Waals surface area contributed by atoms with Crippen molar-refractivity contribution in [2.75, 3.05) is 12.4 Å². The van der Waals surface area contributed by atoms with E-state index in [0.29, 0.717) is 5.02 Å². The first-order valence-corrected chi connectivity index (χ1v) is 5.08. The summed E-state index contributed by atoms with van der Waals surface area (Å²) in [7, 11) is 1.58. The molecular formula is C10H8ClFN4O. The summed E-state index contributed by atoms with van der Waals surface area (Å²) in [6, 6.07) is 3.91. The monoisotopic (exact) mass is 254 g/mol. The first-order valence-electron chi connectivity index (χ1n) is 4.70. The van der Waals surface area contributed by atoms with Crippen LogP contribution in [0.1, 0.15) is 0 Å². The molecule has 5 nitrogen and oxygen atoms in total. The van der Waals surface area contributed by atoms with E-state index in [4.69, 9.17) is 11.6 Å². The van der Waals surface area contributed by atoms with Crippen LogP contribution in [0, 0.1) is 5.82 Å². The van der Waals surface area contributed by atoms with E-state index in [0.717, 1.165) is 4.57 Å². The van der Waals surface area contributed by atoms with E-state index < -0.39 is 11.5 Å². The summed E-state index contributed by atoms with van der Waals surface area (Å²) in [5, 5.41) is 2.94. The molecule has 1 heterocycles. The van der Waals surface area contributed by atoms with Gasteiger partial charge in [0.1, 0.15) is 12.1 Å². The minimum atomic E-state index is -0.634. The van der Waals surface area contributed by atoms with Crippen LogP contribution < -0.4 is 11.0 Å². The van der Waals surface area contributed by atoms with Gasteiger partial charge in [0.25, 0.3) is 0 Å². The Hall–Kier alpha value is -1.95. The van der Waals surface area contributed by atoms with Gasteiger partial charge in [0.15, 0.2) is 0 Å². The van der Waals surface area contributed by atoms with E-state index in [-0.39, 0.29) is 11.6 Å². The average molecular weight is 255 g/mol. The van der Waals surface area contributed by atoms with Crippen LogP contribution in [0.15, 0.2) is 29.3 Å². The van der Waals surface area contributed by atoms with E-state index >= 15 is 0 Å². The predicted octanol–water partition coefficient (Wildman–Crippen LogP) is 1.46. The molecule has 17 heavy (non-hydrogen) atoms. The Morgan fingerprint density at radius 3 is 2.88 bits per heavy atom. The van der Waals surface area contributed by atoms with Crippen LogP contribution in [-0.2, 0) is 0 Å². The van der Waals surface area contributed by atoms with Crippen molar-refractivity contribution in [2.45, 2.75) is 0 Å². The number of anilines is 1. The summed E-state index contributed by atoms with van der Waals surface area (Å²) < 4.78 is 14.5. The van der Waals surface area contributed by atoms with Gasteiger partial charge in [-0.3, -0.25) is 0 Å². The van der Waals surface area contributed by atoms with Crippen LogP contribution in [0.25, 0.3) is 5.69 Å². The molecule has 0 amide bonds. The van der Waals surface area contributed by atoms with Crippen molar-refractivity contribution in [1.29, 1.82) is 0 Å². The van der Waals surface area contributed by atoms with Gasteiger partial charge < -0.3 is 5.32 Å². The highest BCUT2D eigenvalue weighted by Crippen LogP contribution is 2.17. The van der Waals surface area contributed by atoms with Gasteiger partial charge in [-0.05, 0) is 18.2 Å². The lowest BCUT2D eigenvalue weighted by atomic mass is 10.3. The molecule has 1 aromatic heterocycles. The number of hydrogen-bond acceptors (Lipinski definition) is 4. The van der Waals surface area contributed by atoms with Crippen LogP contribution in [0.3, 0.4) is 0 Å². The smallest absolute Gasteiger partial charge is 0.356 e. The fourth-order valence-corrected chi connectivity index (χ4v) is 1.46. The lowest BCUT2D eigenvalue weighted by Gasteiger charge is -2.06. The van der Waals surface area contributed by atoms with Crippen LogP contribution in [0.2, 0.25) is 5.02 Å². The molecule has 0 fully saturated rings. The van der Waals surface area contributed by atoms with Crippen molar-refractivity contribution >= 4 is 17.5 Å². The normalized spacial score (nSPS) is 10.3. The maximum absolute atomic E-state index is 13.5. The van der Waals surface area contributed by atoms with E-state index in [1.807, 2.05) is 0 Å². The number of hydrogen-bond donors (Lipinski definition) is 1. The van der Waals surface area contributed by atoms with Gasteiger partial charge in [0.05, 0.1) is 5.69 Å². The maximum atomic E-state index is 13.5. The van der Waals surface area contributed by atoms with Crippen LogP contribution >= 0.6 is 11.6 Å². The molecule has 0 bridgehead atoms. The van der Waals surface area contributed by atoms with Crippen molar-refractivity contribution < 1.29 is 4.39 Å². The van der Waals surface area contributed by atoms with Gasteiger partial charge in [-0.2, -0.15) is 4.98 Å². The van der Waals surface area contributed by atoms with E-state index in [9.17, 15) is 9.18 Å². The molecule has 0 aliphatic rings. The summed E-state index contributed by atoms with van der Waals surface area (Å²) in [5.41, 5.74) is -0.615. The molecule has 0 saturated carbocycles. The van der Waals surface area contributed by atoms with Crippen molar-refractivity contribution in [3.8, 4) is 5.69 Å². The quantitative estimate of drug-likeness (QED) is 0.882. The zero-order chi connectivity index (χ0) is 12.4. The molecule has 0 radical (unpaired) electrons. The number of benzene rings is 1. The largest absolute Gasteiger partial charge is 0.357 e. The summed E-state index contributed by atoms with van der Waals surface area (Å²) in [6.45, 7) is 0. The van der Waals surface area contributed by atoms with Gasteiger partial charge in [0.2, 0.25) is 5.95 Å². The fourth-order valence-electron chi connectivity index (χ4n) is 1.29. The molecule has 7 heteroatoms. The summed E-state index contributed by atoms with van der Waals surface area (Å²) >= 11 is 5.74. The molecule has 0 aliphatic carbocycles. The van der Waals surface area contributed by atoms with Crippen molar-refractivity contribution in [3.05, 3.63) is 45.9 Å². The maximum Gasteiger partial charge on any atom is 0.356 e. The van der Waals surface area contributed by atoms with Crippen molar-refractivity contribution in [3.63, 3.8) is 0 Å². The Morgan fingerprint density at radius 1 is 1.47 bits per heavy atom. The zero-order valence-electron chi connectivity index (χ0n) is 8.82. The number of aromatic nitrogens is 3. The molecule has 0 aliphatic heterocycles. The van der Waals surface area contributed by atoms with Gasteiger partial charge in [-0.25, -0.2) is 18.7 Å². The molecular weight excluding hydrogens is 247 g/mol. The third-order valence-corrected chi connectivity index (χ3v) is 2.33. The lowest BCUT2D eigenvalue weighted by Crippen LogP contribution is -2.23. The Morgan fingerprint density at radius 2 is 2.24 bits per heavy atom. The Bertz CT molecular complexity index is 613. The predicted molar refractivity (Wildman–Crippen MR) is 62.1 cm³/mol.